The normalized spacial score (nSPS) is 11.2. The van der Waals surface area contributed by atoms with Crippen LogP contribution in [0.3, 0.4) is 0 Å². The molecular weight excluding hydrogens is 1280 g/mol. The van der Waals surface area contributed by atoms with Crippen LogP contribution in [0.15, 0.2) is 212 Å². The fraction of sp³-hybridized carbons (Fsp3) is 0.0533. The third-order valence-corrected chi connectivity index (χ3v) is 18.1. The van der Waals surface area contributed by atoms with E-state index in [9.17, 15) is 39.4 Å². The van der Waals surface area contributed by atoms with E-state index in [1.165, 1.54) is 69.2 Å². The fourth-order valence-corrected chi connectivity index (χ4v) is 13.8. The first-order chi connectivity index (χ1) is 46.4. The number of nitrogens with zero attached hydrogens (tertiary/aromatic N) is 5. The number of aromatic nitrogens is 4. The summed E-state index contributed by atoms with van der Waals surface area (Å²) in [6.07, 6.45) is 8.56. The molecule has 0 aliphatic heterocycles. The molecule has 0 aliphatic rings. The second-order valence-electron chi connectivity index (χ2n) is 21.3. The molecule has 13 rings (SSSR count). The molecule has 17 nitrogen and oxygen atoms in total. The molecule has 6 N–H and O–H groups in total. The molecule has 96 heavy (non-hydrogen) atoms. The van der Waals surface area contributed by atoms with Crippen molar-refractivity contribution in [3.05, 3.63) is 257 Å². The van der Waals surface area contributed by atoms with Crippen LogP contribution in [-0.2, 0) is 34.3 Å². The van der Waals surface area contributed by atoms with Crippen LogP contribution in [0, 0.1) is 24.1 Å². The summed E-state index contributed by atoms with van der Waals surface area (Å²) in [4.78, 5) is 36.1. The largest absolute Gasteiger partial charge is 0.508 e. The first-order valence-corrected chi connectivity index (χ1v) is 31.7. The number of ether oxygens (including phenoxy) is 3. The van der Waals surface area contributed by atoms with Crippen LogP contribution in [0.1, 0.15) is 39.2 Å². The maximum absolute atomic E-state index is 14.0. The minimum atomic E-state index is -1.02. The lowest BCUT2D eigenvalue weighted by Crippen LogP contribution is -1.96. The number of aryl methyl sites for hydroxylation is 2. The predicted octanol–water partition coefficient (Wildman–Crippen LogP) is 18.1. The van der Waals surface area contributed by atoms with Crippen molar-refractivity contribution in [2.45, 2.75) is 19.8 Å². The summed E-state index contributed by atoms with van der Waals surface area (Å²) >= 11 is 4.45. The number of hydrogen-bond acceptors (Lipinski definition) is 16. The number of carboxylic acids is 3. The second kappa shape index (κ2) is 29.6. The van der Waals surface area contributed by atoms with Crippen molar-refractivity contribution in [3.63, 3.8) is 0 Å². The van der Waals surface area contributed by atoms with Crippen molar-refractivity contribution in [2.75, 3.05) is 0 Å². The number of aliphatic carboxylic acids is 3. The third-order valence-electron chi connectivity index (χ3n) is 14.6. The van der Waals surface area contributed by atoms with E-state index in [1.54, 1.807) is 128 Å². The Balaban J connectivity index is 0.000000147. The summed E-state index contributed by atoms with van der Waals surface area (Å²) in [6.45, 7) is 1.91. The molecular formula is C75H54FN5O12S3. The fourth-order valence-electron chi connectivity index (χ4n) is 10.1. The Morgan fingerprint density at radius 1 is 0.510 bits per heavy atom. The molecule has 0 bridgehead atoms. The molecule has 13 aromatic rings. The van der Waals surface area contributed by atoms with Gasteiger partial charge in [-0.15, -0.1) is 44.2 Å². The second-order valence-corrected chi connectivity index (χ2v) is 24.5. The summed E-state index contributed by atoms with van der Waals surface area (Å²) in [7, 11) is 1.73. The van der Waals surface area contributed by atoms with E-state index < -0.39 is 17.9 Å². The topological polar surface area (TPSA) is 268 Å². The van der Waals surface area contributed by atoms with E-state index in [0.717, 1.165) is 113 Å². The lowest BCUT2D eigenvalue weighted by Gasteiger charge is -2.11. The molecule has 0 fully saturated rings. The summed E-state index contributed by atoms with van der Waals surface area (Å²) < 4.78 is 35.4. The molecule has 0 aliphatic carbocycles. The maximum Gasteiger partial charge on any atom is 0.328 e. The summed E-state index contributed by atoms with van der Waals surface area (Å²) in [6, 6.07) is 59.2. The van der Waals surface area contributed by atoms with Crippen LogP contribution >= 0.6 is 34.0 Å². The number of phenols is 3. The number of halogens is 1. The zero-order valence-corrected chi connectivity index (χ0v) is 53.3. The maximum atomic E-state index is 14.0. The number of nitriles is 1. The number of hydrogen-bond donors (Lipinski definition) is 6. The molecule has 4 aromatic heterocycles. The van der Waals surface area contributed by atoms with Crippen molar-refractivity contribution in [1.29, 1.82) is 5.26 Å². The lowest BCUT2D eigenvalue weighted by atomic mass is 10.0. The Hall–Kier alpha value is -12.2. The highest BCUT2D eigenvalue weighted by molar-refractivity contribution is 7.23. The van der Waals surface area contributed by atoms with Gasteiger partial charge in [-0.25, -0.2) is 18.8 Å². The number of aromatic hydroxyl groups is 3. The molecule has 0 atom stereocenters. The quantitative estimate of drug-likeness (QED) is 0.0436. The van der Waals surface area contributed by atoms with Gasteiger partial charge in [0, 0.05) is 60.5 Å². The third kappa shape index (κ3) is 16.0. The zero-order valence-electron chi connectivity index (χ0n) is 50.8. The van der Waals surface area contributed by atoms with Crippen molar-refractivity contribution < 1.29 is 63.6 Å². The number of benzene rings is 9. The summed E-state index contributed by atoms with van der Waals surface area (Å²) in [5.41, 5.74) is 7.69. The van der Waals surface area contributed by atoms with E-state index >= 15 is 0 Å². The standard InChI is InChI=1S/C26H20N4O4S.C25H17NO4S.C24H17FO4S/c1-30-28-23(27-29-30)14-17-4-2-3-5-20(17)26-25(21-12-9-18(31)15-22(21)35-26)34-19-10-6-16(7-11-19)8-13-24(32)33;26-14-13-17-3-1-2-4-20(17)25-24(21-11-8-18(27)15-22(21)31-25)30-19-9-5-16(6-10-19)7-12-23(28)29;1-14-2-6-16(25)12-20(14)24-23(19-10-7-17(26)13-21(19)30-24)29-18-8-3-15(4-9-18)5-11-22(27)28/h2-13,15,31H,14H2,1H3,(H,32,33);1-12,15,27H,13H2,(H,28,29);2-13,26H,1H3,(H,27,28)/b13-8+;12-7+;11-5+. The highest BCUT2D eigenvalue weighted by atomic mass is 32.1. The van der Waals surface area contributed by atoms with E-state index in [1.807, 2.05) is 67.6 Å². The Kier molecular flexibility index (Phi) is 20.1. The average Bonchev–Trinajstić information content (AvgIpc) is 1.63. The monoisotopic (exact) mass is 1330 g/mol. The summed E-state index contributed by atoms with van der Waals surface area (Å²) in [5, 5.41) is 80.3. The average molecular weight is 1330 g/mol. The van der Waals surface area contributed by atoms with Gasteiger partial charge in [0.15, 0.2) is 23.1 Å². The van der Waals surface area contributed by atoms with Crippen LogP contribution in [0.5, 0.6) is 51.7 Å². The number of carbonyl (C=O) groups is 3. The number of phenolic OH excluding ortho intramolecular Hbond substituents is 3. The minimum absolute atomic E-state index is 0.146. The number of carboxylic acid groups (broad SMARTS) is 3. The highest BCUT2D eigenvalue weighted by Gasteiger charge is 2.23. The Morgan fingerprint density at radius 2 is 0.896 bits per heavy atom. The Morgan fingerprint density at radius 3 is 1.28 bits per heavy atom. The minimum Gasteiger partial charge on any atom is -0.508 e. The van der Waals surface area contributed by atoms with E-state index in [4.69, 9.17) is 29.5 Å². The molecule has 0 radical (unpaired) electrons. The Bertz CT molecular complexity index is 5180. The van der Waals surface area contributed by atoms with E-state index in [2.05, 4.69) is 21.5 Å². The number of thiophene rings is 3. The predicted molar refractivity (Wildman–Crippen MR) is 372 cm³/mol. The molecule has 0 unspecified atom stereocenters. The summed E-state index contributed by atoms with van der Waals surface area (Å²) in [5.74, 6) is 1.44. The number of rotatable bonds is 18. The highest BCUT2D eigenvalue weighted by Crippen LogP contribution is 2.51. The number of tetrazole rings is 1. The SMILES string of the molecule is Cc1ccc(F)cc1-c1sc2cc(O)ccc2c1Oc1ccc(/C=C/C(=O)O)cc1.Cn1nnc(Cc2ccccc2-c2sc3cc(O)ccc3c2Oc2ccc(/C=C/C(=O)O)cc2)n1.N#CCc1ccccc1-c1sc2cc(O)ccc2c1Oc1ccc(/C=C/C(=O)O)cc1. The molecule has 476 valence electrons. The van der Waals surface area contributed by atoms with Crippen molar-refractivity contribution in [2.24, 2.45) is 7.05 Å². The van der Waals surface area contributed by atoms with Gasteiger partial charge in [0.25, 0.3) is 0 Å². The molecule has 4 heterocycles. The number of fused-ring (bicyclic) bond motifs is 3. The van der Waals surface area contributed by atoms with Crippen molar-refractivity contribution >= 4 is 100 Å². The van der Waals surface area contributed by atoms with Gasteiger partial charge in [-0.2, -0.15) is 10.1 Å². The van der Waals surface area contributed by atoms with Crippen molar-refractivity contribution in [1.82, 2.24) is 20.2 Å². The van der Waals surface area contributed by atoms with Gasteiger partial charge in [0.1, 0.15) is 40.3 Å². The van der Waals surface area contributed by atoms with Gasteiger partial charge < -0.3 is 44.8 Å². The van der Waals surface area contributed by atoms with Crippen LogP contribution in [0.25, 0.3) is 79.8 Å². The molecule has 0 spiro atoms. The van der Waals surface area contributed by atoms with Gasteiger partial charge in [0.05, 0.1) is 34.2 Å². The smallest absolute Gasteiger partial charge is 0.328 e. The van der Waals surface area contributed by atoms with Gasteiger partial charge in [-0.1, -0.05) is 91.0 Å². The zero-order chi connectivity index (χ0) is 67.4. The first-order valence-electron chi connectivity index (χ1n) is 29.3. The molecule has 0 amide bonds. The van der Waals surface area contributed by atoms with E-state index in [0.29, 0.717) is 46.7 Å². The van der Waals surface area contributed by atoms with Gasteiger partial charge in [0.2, 0.25) is 0 Å². The van der Waals surface area contributed by atoms with Crippen LogP contribution in [-0.4, -0.2) is 68.8 Å². The first kappa shape index (κ1) is 65.3. The van der Waals surface area contributed by atoms with Gasteiger partial charge in [-0.3, -0.25) is 0 Å². The molecule has 9 aromatic carbocycles. The van der Waals surface area contributed by atoms with Crippen LogP contribution in [0.4, 0.5) is 4.39 Å². The Labute approximate surface area is 559 Å². The van der Waals surface area contributed by atoms with Crippen LogP contribution in [0.2, 0.25) is 0 Å². The molecule has 21 heteroatoms. The molecule has 0 saturated heterocycles. The lowest BCUT2D eigenvalue weighted by molar-refractivity contribution is -0.132. The van der Waals surface area contributed by atoms with Crippen molar-refractivity contribution in [3.8, 4) is 89.1 Å². The molecule has 0 saturated carbocycles. The van der Waals surface area contributed by atoms with E-state index in [-0.39, 0.29) is 29.5 Å². The van der Waals surface area contributed by atoms with Crippen LogP contribution < -0.4 is 14.2 Å². The van der Waals surface area contributed by atoms with Gasteiger partial charge >= 0.3 is 17.9 Å². The van der Waals surface area contributed by atoms with Gasteiger partial charge in [-0.05, 0) is 178 Å².